The van der Waals surface area contributed by atoms with Crippen molar-refractivity contribution in [2.75, 3.05) is 0 Å². The van der Waals surface area contributed by atoms with E-state index in [1.54, 1.807) is 6.07 Å². The molecule has 0 amide bonds. The van der Waals surface area contributed by atoms with Gasteiger partial charge in [-0.25, -0.2) is 0 Å². The Kier molecular flexibility index (Phi) is 4.21. The van der Waals surface area contributed by atoms with Crippen molar-refractivity contribution in [1.82, 2.24) is 10.2 Å². The fourth-order valence-electron chi connectivity index (χ4n) is 0.922. The Bertz CT molecular complexity index is 342. The highest BCUT2D eigenvalue weighted by Gasteiger charge is 2.30. The third kappa shape index (κ3) is 2.60. The van der Waals surface area contributed by atoms with Crippen LogP contribution in [0.15, 0.2) is 6.07 Å². The van der Waals surface area contributed by atoms with E-state index in [0.29, 0.717) is 10.3 Å². The average molecular weight is 363 g/mol. The van der Waals surface area contributed by atoms with Gasteiger partial charge in [0.05, 0.1) is 3.74 Å². The second-order valence-corrected chi connectivity index (χ2v) is 7.20. The summed E-state index contributed by atoms with van der Waals surface area (Å²) in [6, 6.07) is 1.73. The SMILES string of the molecule is CC(C)(c1cc(Cl)nnc1Cl)C(Br)Br. The summed E-state index contributed by atoms with van der Waals surface area (Å²) in [6.07, 6.45) is 0. The summed E-state index contributed by atoms with van der Waals surface area (Å²) >= 11 is 18.6. The smallest absolute Gasteiger partial charge is 0.137 e. The fourth-order valence-corrected chi connectivity index (χ4v) is 1.90. The van der Waals surface area contributed by atoms with Crippen molar-refractivity contribution in [2.24, 2.45) is 0 Å². The summed E-state index contributed by atoms with van der Waals surface area (Å²) in [6.45, 7) is 4.06. The molecule has 0 aromatic carbocycles. The van der Waals surface area contributed by atoms with E-state index in [-0.39, 0.29) is 9.15 Å². The van der Waals surface area contributed by atoms with Gasteiger partial charge in [0.25, 0.3) is 0 Å². The van der Waals surface area contributed by atoms with Crippen LogP contribution < -0.4 is 0 Å². The molecule has 0 aliphatic rings. The van der Waals surface area contributed by atoms with Gasteiger partial charge in [-0.05, 0) is 6.07 Å². The summed E-state index contributed by atoms with van der Waals surface area (Å²) < 4.78 is 0.0836. The van der Waals surface area contributed by atoms with Crippen molar-refractivity contribution in [3.8, 4) is 0 Å². The van der Waals surface area contributed by atoms with Crippen LogP contribution in [0.2, 0.25) is 10.3 Å². The van der Waals surface area contributed by atoms with Crippen molar-refractivity contribution in [2.45, 2.75) is 23.0 Å². The van der Waals surface area contributed by atoms with Crippen LogP contribution in [0.5, 0.6) is 0 Å². The molecule has 0 radical (unpaired) electrons. The molecule has 1 heterocycles. The van der Waals surface area contributed by atoms with Gasteiger partial charge in [0.1, 0.15) is 0 Å². The number of aromatic nitrogens is 2. The molecule has 1 rings (SSSR count). The van der Waals surface area contributed by atoms with Crippen LogP contribution in [0.3, 0.4) is 0 Å². The summed E-state index contributed by atoms with van der Waals surface area (Å²) in [7, 11) is 0. The topological polar surface area (TPSA) is 25.8 Å². The highest BCUT2D eigenvalue weighted by molar-refractivity contribution is 9.24. The second kappa shape index (κ2) is 4.64. The normalized spacial score (nSPS) is 12.2. The molecule has 6 heteroatoms. The zero-order valence-electron chi connectivity index (χ0n) is 7.56. The molecular weight excluding hydrogens is 355 g/mol. The minimum absolute atomic E-state index is 0.0836. The molecule has 14 heavy (non-hydrogen) atoms. The van der Waals surface area contributed by atoms with Gasteiger partial charge in [-0.3, -0.25) is 0 Å². The summed E-state index contributed by atoms with van der Waals surface area (Å²) in [5.41, 5.74) is 0.648. The van der Waals surface area contributed by atoms with Gasteiger partial charge in [-0.1, -0.05) is 68.9 Å². The lowest BCUT2D eigenvalue weighted by atomic mass is 9.88. The summed E-state index contributed by atoms with van der Waals surface area (Å²) in [5.74, 6) is 0. The van der Waals surface area contributed by atoms with Crippen LogP contribution in [0, 0.1) is 0 Å². The second-order valence-electron chi connectivity index (χ2n) is 3.39. The highest BCUT2D eigenvalue weighted by Crippen LogP contribution is 2.38. The van der Waals surface area contributed by atoms with E-state index in [0.717, 1.165) is 5.56 Å². The number of hydrogen-bond donors (Lipinski definition) is 0. The van der Waals surface area contributed by atoms with E-state index in [2.05, 4.69) is 42.1 Å². The molecule has 1 aromatic heterocycles. The van der Waals surface area contributed by atoms with Gasteiger partial charge in [0.15, 0.2) is 10.3 Å². The van der Waals surface area contributed by atoms with Gasteiger partial charge >= 0.3 is 0 Å². The quantitative estimate of drug-likeness (QED) is 0.738. The highest BCUT2D eigenvalue weighted by atomic mass is 79.9. The van der Waals surface area contributed by atoms with Crippen LogP contribution in [0.1, 0.15) is 19.4 Å². The Hall–Kier alpha value is 0.620. The molecule has 0 fully saturated rings. The zero-order chi connectivity index (χ0) is 10.9. The fraction of sp³-hybridized carbons (Fsp3) is 0.500. The van der Waals surface area contributed by atoms with Gasteiger partial charge < -0.3 is 0 Å². The maximum atomic E-state index is 5.95. The number of hydrogen-bond acceptors (Lipinski definition) is 2. The van der Waals surface area contributed by atoms with Crippen molar-refractivity contribution in [1.29, 1.82) is 0 Å². The predicted molar refractivity (Wildman–Crippen MR) is 66.7 cm³/mol. The number of halogens is 4. The first-order valence-electron chi connectivity index (χ1n) is 3.83. The molecule has 2 nitrogen and oxygen atoms in total. The standard InChI is InChI=1S/C8H8Br2Cl2N2/c1-8(2,7(9)10)4-3-5(11)13-14-6(4)12/h3,7H,1-2H3. The minimum atomic E-state index is -0.212. The molecule has 0 saturated heterocycles. The molecular formula is C8H8Br2Cl2N2. The Morgan fingerprint density at radius 2 is 1.86 bits per heavy atom. The van der Waals surface area contributed by atoms with E-state index < -0.39 is 0 Å². The monoisotopic (exact) mass is 360 g/mol. The maximum absolute atomic E-state index is 5.95. The predicted octanol–water partition coefficient (Wildman–Crippen LogP) is 4.18. The molecule has 1 aromatic rings. The van der Waals surface area contributed by atoms with E-state index in [9.17, 15) is 0 Å². The van der Waals surface area contributed by atoms with Crippen molar-refractivity contribution in [3.05, 3.63) is 21.9 Å². The van der Waals surface area contributed by atoms with E-state index in [1.807, 2.05) is 13.8 Å². The van der Waals surface area contributed by atoms with Crippen molar-refractivity contribution < 1.29 is 0 Å². The van der Waals surface area contributed by atoms with Gasteiger partial charge in [0.2, 0.25) is 0 Å². The Balaban J connectivity index is 3.24. The molecule has 0 saturated carbocycles. The van der Waals surface area contributed by atoms with E-state index in [4.69, 9.17) is 23.2 Å². The lowest BCUT2D eigenvalue weighted by Gasteiger charge is -2.27. The lowest BCUT2D eigenvalue weighted by Crippen LogP contribution is -2.25. The van der Waals surface area contributed by atoms with E-state index >= 15 is 0 Å². The molecule has 0 aliphatic carbocycles. The number of alkyl halides is 2. The molecule has 0 N–H and O–H groups in total. The van der Waals surface area contributed by atoms with Gasteiger partial charge in [-0.2, -0.15) is 0 Å². The molecule has 0 unspecified atom stereocenters. The molecule has 0 bridgehead atoms. The third-order valence-electron chi connectivity index (χ3n) is 1.96. The zero-order valence-corrected chi connectivity index (χ0v) is 12.2. The molecule has 0 aliphatic heterocycles. The van der Waals surface area contributed by atoms with Crippen LogP contribution in [0.4, 0.5) is 0 Å². The van der Waals surface area contributed by atoms with Crippen molar-refractivity contribution >= 4 is 55.1 Å². The van der Waals surface area contributed by atoms with Crippen LogP contribution in [-0.4, -0.2) is 13.9 Å². The number of nitrogens with zero attached hydrogens (tertiary/aromatic N) is 2. The van der Waals surface area contributed by atoms with Crippen LogP contribution in [-0.2, 0) is 5.41 Å². The van der Waals surface area contributed by atoms with Crippen LogP contribution in [0.25, 0.3) is 0 Å². The minimum Gasteiger partial charge on any atom is -0.137 e. The average Bonchev–Trinajstić information content (AvgIpc) is 2.08. The molecule has 0 atom stereocenters. The van der Waals surface area contributed by atoms with Crippen molar-refractivity contribution in [3.63, 3.8) is 0 Å². The first kappa shape index (κ1) is 12.7. The number of rotatable bonds is 2. The summed E-state index contributed by atoms with van der Waals surface area (Å²) in [4.78, 5) is 0. The lowest BCUT2D eigenvalue weighted by molar-refractivity contribution is 0.583. The van der Waals surface area contributed by atoms with Crippen LogP contribution >= 0.6 is 55.1 Å². The Morgan fingerprint density at radius 1 is 1.29 bits per heavy atom. The third-order valence-corrected chi connectivity index (χ3v) is 4.71. The Morgan fingerprint density at radius 3 is 2.36 bits per heavy atom. The largest absolute Gasteiger partial charge is 0.155 e. The van der Waals surface area contributed by atoms with E-state index in [1.165, 1.54) is 0 Å². The summed E-state index contributed by atoms with van der Waals surface area (Å²) in [5, 5.41) is 8.16. The first-order valence-corrected chi connectivity index (χ1v) is 6.41. The van der Waals surface area contributed by atoms with Gasteiger partial charge in [-0.15, -0.1) is 10.2 Å². The molecule has 0 spiro atoms. The first-order chi connectivity index (χ1) is 6.35. The molecule has 78 valence electrons. The Labute approximate surface area is 110 Å². The van der Waals surface area contributed by atoms with Gasteiger partial charge in [0, 0.05) is 11.0 Å². The maximum Gasteiger partial charge on any atom is 0.155 e.